The third kappa shape index (κ3) is 4.20. The van der Waals surface area contributed by atoms with Crippen LogP contribution < -0.4 is 5.32 Å². The first-order valence-corrected chi connectivity index (χ1v) is 6.07. The Hall–Kier alpha value is -0.570. The van der Waals surface area contributed by atoms with E-state index in [4.69, 9.17) is 0 Å². The molecule has 88 valence electrons. The molecule has 2 N–H and O–H groups in total. The Labute approximate surface area is 92.3 Å². The van der Waals surface area contributed by atoms with Gasteiger partial charge in [0.05, 0.1) is 12.0 Å². The van der Waals surface area contributed by atoms with Crippen molar-refractivity contribution in [1.29, 1.82) is 0 Å². The molecule has 1 aliphatic carbocycles. The zero-order valence-electron chi connectivity index (χ0n) is 9.88. The molecule has 0 aliphatic heterocycles. The normalized spacial score (nSPS) is 22.1. The van der Waals surface area contributed by atoms with Gasteiger partial charge < -0.3 is 10.4 Å². The summed E-state index contributed by atoms with van der Waals surface area (Å²) in [4.78, 5) is 11.6. The third-order valence-electron chi connectivity index (χ3n) is 3.29. The van der Waals surface area contributed by atoms with Gasteiger partial charge in [-0.05, 0) is 26.2 Å². The molecule has 0 bridgehead atoms. The summed E-state index contributed by atoms with van der Waals surface area (Å²) in [6.45, 7) is 4.03. The van der Waals surface area contributed by atoms with Crippen molar-refractivity contribution in [1.82, 2.24) is 5.32 Å². The smallest absolute Gasteiger partial charge is 0.223 e. The molecule has 0 heterocycles. The fourth-order valence-corrected chi connectivity index (χ4v) is 2.11. The van der Waals surface area contributed by atoms with Crippen molar-refractivity contribution in [3.05, 3.63) is 0 Å². The van der Waals surface area contributed by atoms with Crippen LogP contribution in [0.3, 0.4) is 0 Å². The Morgan fingerprint density at radius 2 is 2.00 bits per heavy atom. The molecule has 0 aromatic heterocycles. The van der Waals surface area contributed by atoms with E-state index in [2.05, 4.69) is 5.32 Å². The van der Waals surface area contributed by atoms with Gasteiger partial charge in [-0.2, -0.15) is 0 Å². The molecule has 0 saturated heterocycles. The van der Waals surface area contributed by atoms with E-state index < -0.39 is 5.60 Å². The highest BCUT2D eigenvalue weighted by Crippen LogP contribution is 2.30. The SMILES string of the molecule is CCC(C)NC(=O)CC1(O)CCCCC1. The highest BCUT2D eigenvalue weighted by Gasteiger charge is 2.31. The molecule has 1 unspecified atom stereocenters. The summed E-state index contributed by atoms with van der Waals surface area (Å²) >= 11 is 0. The van der Waals surface area contributed by atoms with Crippen molar-refractivity contribution < 1.29 is 9.90 Å². The summed E-state index contributed by atoms with van der Waals surface area (Å²) in [6.07, 6.45) is 6.05. The Balaban J connectivity index is 2.35. The highest BCUT2D eigenvalue weighted by atomic mass is 16.3. The molecule has 1 aliphatic rings. The molecule has 1 amide bonds. The fraction of sp³-hybridized carbons (Fsp3) is 0.917. The molecule has 15 heavy (non-hydrogen) atoms. The number of carbonyl (C=O) groups is 1. The second-order valence-electron chi connectivity index (χ2n) is 4.84. The van der Waals surface area contributed by atoms with E-state index in [9.17, 15) is 9.90 Å². The van der Waals surface area contributed by atoms with Crippen LogP contribution in [0, 0.1) is 0 Å². The van der Waals surface area contributed by atoms with Crippen LogP contribution in [0.15, 0.2) is 0 Å². The standard InChI is InChI=1S/C12H23NO2/c1-3-10(2)13-11(14)9-12(15)7-5-4-6-8-12/h10,15H,3-9H2,1-2H3,(H,13,14). The largest absolute Gasteiger partial charge is 0.389 e. The fourth-order valence-electron chi connectivity index (χ4n) is 2.11. The predicted octanol–water partition coefficient (Wildman–Crippen LogP) is 1.99. The third-order valence-corrected chi connectivity index (χ3v) is 3.29. The number of hydrogen-bond acceptors (Lipinski definition) is 2. The summed E-state index contributed by atoms with van der Waals surface area (Å²) < 4.78 is 0. The number of aliphatic hydroxyl groups is 1. The van der Waals surface area contributed by atoms with Crippen molar-refractivity contribution in [2.75, 3.05) is 0 Å². The van der Waals surface area contributed by atoms with Gasteiger partial charge in [0.25, 0.3) is 0 Å². The zero-order chi connectivity index (χ0) is 11.3. The van der Waals surface area contributed by atoms with Crippen molar-refractivity contribution in [3.63, 3.8) is 0 Å². The molecule has 1 rings (SSSR count). The maximum absolute atomic E-state index is 11.6. The molecular weight excluding hydrogens is 190 g/mol. The molecule has 0 aromatic rings. The average molecular weight is 213 g/mol. The van der Waals surface area contributed by atoms with Gasteiger partial charge in [0.2, 0.25) is 5.91 Å². The number of amides is 1. The molecule has 0 radical (unpaired) electrons. The maximum atomic E-state index is 11.6. The second kappa shape index (κ2) is 5.50. The minimum atomic E-state index is -0.726. The quantitative estimate of drug-likeness (QED) is 0.750. The van der Waals surface area contributed by atoms with Gasteiger partial charge in [-0.3, -0.25) is 4.79 Å². The van der Waals surface area contributed by atoms with Gasteiger partial charge in [-0.1, -0.05) is 26.2 Å². The molecule has 3 heteroatoms. The van der Waals surface area contributed by atoms with E-state index in [-0.39, 0.29) is 18.4 Å². The summed E-state index contributed by atoms with van der Waals surface area (Å²) in [5, 5.41) is 13.1. The van der Waals surface area contributed by atoms with Gasteiger partial charge in [-0.25, -0.2) is 0 Å². The Morgan fingerprint density at radius 1 is 1.40 bits per heavy atom. The summed E-state index contributed by atoms with van der Waals surface area (Å²) in [6, 6.07) is 0.213. The van der Waals surface area contributed by atoms with E-state index in [1.807, 2.05) is 13.8 Å². The summed E-state index contributed by atoms with van der Waals surface area (Å²) in [7, 11) is 0. The first kappa shape index (κ1) is 12.5. The van der Waals surface area contributed by atoms with Crippen LogP contribution >= 0.6 is 0 Å². The van der Waals surface area contributed by atoms with Crippen LogP contribution in [0.4, 0.5) is 0 Å². The van der Waals surface area contributed by atoms with Gasteiger partial charge in [0.1, 0.15) is 0 Å². The number of rotatable bonds is 4. The minimum Gasteiger partial charge on any atom is -0.389 e. The number of nitrogens with one attached hydrogen (secondary N) is 1. The monoisotopic (exact) mass is 213 g/mol. The number of hydrogen-bond donors (Lipinski definition) is 2. The average Bonchev–Trinajstić information content (AvgIpc) is 2.17. The summed E-state index contributed by atoms with van der Waals surface area (Å²) in [5.41, 5.74) is -0.726. The van der Waals surface area contributed by atoms with Crippen molar-refractivity contribution in [3.8, 4) is 0 Å². The van der Waals surface area contributed by atoms with E-state index in [1.54, 1.807) is 0 Å². The zero-order valence-corrected chi connectivity index (χ0v) is 9.88. The molecule has 0 spiro atoms. The molecule has 0 aromatic carbocycles. The topological polar surface area (TPSA) is 49.3 Å². The lowest BCUT2D eigenvalue weighted by molar-refractivity contribution is -0.128. The van der Waals surface area contributed by atoms with Crippen LogP contribution in [-0.4, -0.2) is 22.7 Å². The Kier molecular flexibility index (Phi) is 4.58. The molecule has 1 fully saturated rings. The Bertz CT molecular complexity index is 210. The van der Waals surface area contributed by atoms with Gasteiger partial charge >= 0.3 is 0 Å². The lowest BCUT2D eigenvalue weighted by Crippen LogP contribution is -2.41. The van der Waals surface area contributed by atoms with Crippen LogP contribution in [0.1, 0.15) is 58.8 Å². The van der Waals surface area contributed by atoms with Gasteiger partial charge in [0, 0.05) is 6.04 Å². The van der Waals surface area contributed by atoms with Crippen LogP contribution in [0.5, 0.6) is 0 Å². The van der Waals surface area contributed by atoms with Crippen molar-refractivity contribution in [2.24, 2.45) is 0 Å². The van der Waals surface area contributed by atoms with Crippen LogP contribution in [0.25, 0.3) is 0 Å². The highest BCUT2D eigenvalue weighted by molar-refractivity contribution is 5.77. The molecule has 1 saturated carbocycles. The molecule has 1 atom stereocenters. The lowest BCUT2D eigenvalue weighted by Gasteiger charge is -2.31. The van der Waals surface area contributed by atoms with E-state index in [0.717, 1.165) is 32.1 Å². The maximum Gasteiger partial charge on any atom is 0.223 e. The van der Waals surface area contributed by atoms with Crippen molar-refractivity contribution >= 4 is 5.91 Å². The predicted molar refractivity (Wildman–Crippen MR) is 60.5 cm³/mol. The molecule has 3 nitrogen and oxygen atoms in total. The van der Waals surface area contributed by atoms with Crippen LogP contribution in [-0.2, 0) is 4.79 Å². The van der Waals surface area contributed by atoms with E-state index in [1.165, 1.54) is 6.42 Å². The summed E-state index contributed by atoms with van der Waals surface area (Å²) in [5.74, 6) is -0.00579. The second-order valence-corrected chi connectivity index (χ2v) is 4.84. The van der Waals surface area contributed by atoms with E-state index >= 15 is 0 Å². The van der Waals surface area contributed by atoms with E-state index in [0.29, 0.717) is 0 Å². The molecular formula is C12H23NO2. The van der Waals surface area contributed by atoms with Gasteiger partial charge in [-0.15, -0.1) is 0 Å². The first-order valence-electron chi connectivity index (χ1n) is 6.07. The Morgan fingerprint density at radius 3 is 2.53 bits per heavy atom. The number of carbonyl (C=O) groups excluding carboxylic acids is 1. The minimum absolute atomic E-state index is 0.00579. The van der Waals surface area contributed by atoms with Crippen molar-refractivity contribution in [2.45, 2.75) is 70.4 Å². The first-order chi connectivity index (χ1) is 7.06. The lowest BCUT2D eigenvalue weighted by atomic mass is 9.82. The van der Waals surface area contributed by atoms with Gasteiger partial charge in [0.15, 0.2) is 0 Å². The van der Waals surface area contributed by atoms with Crippen LogP contribution in [0.2, 0.25) is 0 Å².